The van der Waals surface area contributed by atoms with E-state index in [1.807, 2.05) is 36.2 Å². The molecule has 1 amide bonds. The maximum atomic E-state index is 12.6. The van der Waals surface area contributed by atoms with E-state index in [4.69, 9.17) is 0 Å². The number of nitrogens with zero attached hydrogens (tertiary/aromatic N) is 1. The number of hydrogen-bond acceptors (Lipinski definition) is 1. The number of carbonyl (C=O) groups excluding carboxylic acids is 1. The first-order valence-electron chi connectivity index (χ1n) is 6.77. The molecule has 2 nitrogen and oxygen atoms in total. The van der Waals surface area contributed by atoms with Crippen LogP contribution in [0.3, 0.4) is 0 Å². The maximum absolute atomic E-state index is 12.6. The zero-order chi connectivity index (χ0) is 14.1. The lowest BCUT2D eigenvalue weighted by Crippen LogP contribution is -2.30. The monoisotopic (exact) mass is 329 g/mol. The van der Waals surface area contributed by atoms with Gasteiger partial charge >= 0.3 is 0 Å². The smallest absolute Gasteiger partial charge is 0.254 e. The minimum absolute atomic E-state index is 0.0826. The molecule has 0 saturated carbocycles. The Morgan fingerprint density at radius 1 is 1.15 bits per heavy atom. The normalized spacial score (nSPS) is 16.8. The first kappa shape index (κ1) is 13.4. The second-order valence-corrected chi connectivity index (χ2v) is 6.09. The Morgan fingerprint density at radius 2 is 1.85 bits per heavy atom. The van der Waals surface area contributed by atoms with Gasteiger partial charge in [0, 0.05) is 17.1 Å². The van der Waals surface area contributed by atoms with Gasteiger partial charge in [-0.3, -0.25) is 4.79 Å². The predicted octanol–water partition coefficient (Wildman–Crippen LogP) is 4.21. The lowest BCUT2D eigenvalue weighted by Gasteiger charge is -2.25. The van der Waals surface area contributed by atoms with E-state index < -0.39 is 0 Å². The van der Waals surface area contributed by atoms with Crippen LogP contribution in [0.5, 0.6) is 0 Å². The minimum atomic E-state index is 0.0826. The van der Waals surface area contributed by atoms with Crippen LogP contribution >= 0.6 is 15.9 Å². The highest BCUT2D eigenvalue weighted by Crippen LogP contribution is 2.35. The van der Waals surface area contributed by atoms with Crippen molar-refractivity contribution in [3.8, 4) is 0 Å². The van der Waals surface area contributed by atoms with Crippen LogP contribution in [0, 0.1) is 0 Å². The summed E-state index contributed by atoms with van der Waals surface area (Å²) in [6, 6.07) is 16.2. The van der Waals surface area contributed by atoms with Gasteiger partial charge in [-0.15, -0.1) is 0 Å². The molecule has 1 aliphatic carbocycles. The molecule has 1 unspecified atom stereocenters. The summed E-state index contributed by atoms with van der Waals surface area (Å²) >= 11 is 3.39. The molecule has 0 heterocycles. The van der Waals surface area contributed by atoms with Gasteiger partial charge in [0.1, 0.15) is 0 Å². The Morgan fingerprint density at radius 3 is 2.60 bits per heavy atom. The largest absolute Gasteiger partial charge is 0.335 e. The highest BCUT2D eigenvalue weighted by atomic mass is 79.9. The summed E-state index contributed by atoms with van der Waals surface area (Å²) in [5.41, 5.74) is 3.40. The highest BCUT2D eigenvalue weighted by Gasteiger charge is 2.28. The quantitative estimate of drug-likeness (QED) is 0.808. The second kappa shape index (κ2) is 5.41. The van der Waals surface area contributed by atoms with Gasteiger partial charge in [-0.25, -0.2) is 0 Å². The van der Waals surface area contributed by atoms with Crippen LogP contribution in [0.4, 0.5) is 0 Å². The van der Waals surface area contributed by atoms with Crippen molar-refractivity contribution < 1.29 is 4.79 Å². The van der Waals surface area contributed by atoms with Crippen LogP contribution < -0.4 is 0 Å². The molecule has 0 bridgehead atoms. The average molecular weight is 330 g/mol. The third-order valence-electron chi connectivity index (χ3n) is 3.98. The fraction of sp³-hybridized carbons (Fsp3) is 0.235. The lowest BCUT2D eigenvalue weighted by atomic mass is 10.1. The van der Waals surface area contributed by atoms with Gasteiger partial charge in [0.15, 0.2) is 0 Å². The molecule has 3 heteroatoms. The molecule has 0 radical (unpaired) electrons. The topological polar surface area (TPSA) is 20.3 Å². The molecule has 2 aromatic carbocycles. The molecule has 1 aliphatic rings. The Bertz CT molecular complexity index is 636. The van der Waals surface area contributed by atoms with Crippen molar-refractivity contribution in [3.63, 3.8) is 0 Å². The summed E-state index contributed by atoms with van der Waals surface area (Å²) in [5.74, 6) is 0.0826. The Labute approximate surface area is 127 Å². The third kappa shape index (κ3) is 2.38. The van der Waals surface area contributed by atoms with Crippen molar-refractivity contribution in [2.45, 2.75) is 18.9 Å². The number of amides is 1. The van der Waals surface area contributed by atoms with Gasteiger partial charge in [-0.05, 0) is 48.2 Å². The van der Waals surface area contributed by atoms with E-state index in [0.29, 0.717) is 0 Å². The number of aryl methyl sites for hydroxylation is 1. The molecule has 0 spiro atoms. The molecule has 0 fully saturated rings. The van der Waals surface area contributed by atoms with Crippen LogP contribution in [0.25, 0.3) is 0 Å². The van der Waals surface area contributed by atoms with Gasteiger partial charge in [0.2, 0.25) is 0 Å². The third-order valence-corrected chi connectivity index (χ3v) is 4.51. The average Bonchev–Trinajstić information content (AvgIpc) is 2.90. The van der Waals surface area contributed by atoms with Crippen molar-refractivity contribution in [1.82, 2.24) is 4.90 Å². The molecule has 2 aromatic rings. The van der Waals surface area contributed by atoms with Crippen molar-refractivity contribution in [2.24, 2.45) is 0 Å². The lowest BCUT2D eigenvalue weighted by molar-refractivity contribution is 0.0730. The predicted molar refractivity (Wildman–Crippen MR) is 83.7 cm³/mol. The van der Waals surface area contributed by atoms with E-state index in [1.54, 1.807) is 0 Å². The van der Waals surface area contributed by atoms with Crippen LogP contribution in [0.1, 0.15) is 33.9 Å². The van der Waals surface area contributed by atoms with Crippen LogP contribution in [-0.2, 0) is 6.42 Å². The number of fused-ring (bicyclic) bond motifs is 1. The van der Waals surface area contributed by atoms with Crippen molar-refractivity contribution in [3.05, 3.63) is 69.7 Å². The fourth-order valence-electron chi connectivity index (χ4n) is 2.87. The standard InChI is InChI=1S/C17H16BrNO/c1-19(17(20)13-6-9-14(18)10-7-13)16-11-8-12-4-2-3-5-15(12)16/h2-7,9-10,16H,8,11H2,1H3. The van der Waals surface area contributed by atoms with E-state index in [2.05, 4.69) is 40.2 Å². The second-order valence-electron chi connectivity index (χ2n) is 5.18. The molecule has 0 saturated heterocycles. The summed E-state index contributed by atoms with van der Waals surface area (Å²) < 4.78 is 0.989. The first-order chi connectivity index (χ1) is 9.66. The van der Waals surface area contributed by atoms with Crippen LogP contribution in [-0.4, -0.2) is 17.9 Å². The van der Waals surface area contributed by atoms with Gasteiger partial charge in [-0.1, -0.05) is 40.2 Å². The molecule has 0 N–H and O–H groups in total. The Kier molecular flexibility index (Phi) is 3.62. The fourth-order valence-corrected chi connectivity index (χ4v) is 3.14. The SMILES string of the molecule is CN(C(=O)c1ccc(Br)cc1)C1CCc2ccccc21. The minimum Gasteiger partial charge on any atom is -0.335 e. The summed E-state index contributed by atoms with van der Waals surface area (Å²) in [5, 5.41) is 0. The van der Waals surface area contributed by atoms with Gasteiger partial charge in [-0.2, -0.15) is 0 Å². The Balaban J connectivity index is 1.85. The van der Waals surface area contributed by atoms with Gasteiger partial charge in [0.25, 0.3) is 5.91 Å². The van der Waals surface area contributed by atoms with Crippen molar-refractivity contribution in [2.75, 3.05) is 7.05 Å². The number of benzene rings is 2. The summed E-state index contributed by atoms with van der Waals surface area (Å²) in [6.45, 7) is 0. The van der Waals surface area contributed by atoms with E-state index in [9.17, 15) is 4.79 Å². The van der Waals surface area contributed by atoms with E-state index >= 15 is 0 Å². The van der Waals surface area contributed by atoms with E-state index in [1.165, 1.54) is 11.1 Å². The molecular weight excluding hydrogens is 314 g/mol. The number of carbonyl (C=O) groups is 1. The summed E-state index contributed by atoms with van der Waals surface area (Å²) in [4.78, 5) is 14.4. The Hall–Kier alpha value is -1.61. The highest BCUT2D eigenvalue weighted by molar-refractivity contribution is 9.10. The molecule has 3 rings (SSSR count). The van der Waals surface area contributed by atoms with Crippen LogP contribution in [0.15, 0.2) is 53.0 Å². The van der Waals surface area contributed by atoms with Crippen molar-refractivity contribution in [1.29, 1.82) is 0 Å². The van der Waals surface area contributed by atoms with E-state index in [0.717, 1.165) is 22.9 Å². The number of rotatable bonds is 2. The molecule has 1 atom stereocenters. The van der Waals surface area contributed by atoms with Gasteiger partial charge < -0.3 is 4.90 Å². The summed E-state index contributed by atoms with van der Waals surface area (Å²) in [6.07, 6.45) is 2.07. The van der Waals surface area contributed by atoms with E-state index in [-0.39, 0.29) is 11.9 Å². The number of hydrogen-bond donors (Lipinski definition) is 0. The molecular formula is C17H16BrNO. The first-order valence-corrected chi connectivity index (χ1v) is 7.56. The molecule has 102 valence electrons. The number of halogens is 1. The van der Waals surface area contributed by atoms with Crippen molar-refractivity contribution >= 4 is 21.8 Å². The molecule has 0 aliphatic heterocycles. The molecule has 0 aromatic heterocycles. The zero-order valence-electron chi connectivity index (χ0n) is 11.3. The van der Waals surface area contributed by atoms with Gasteiger partial charge in [0.05, 0.1) is 6.04 Å². The molecule has 20 heavy (non-hydrogen) atoms. The summed E-state index contributed by atoms with van der Waals surface area (Å²) in [7, 11) is 1.90. The maximum Gasteiger partial charge on any atom is 0.254 e. The zero-order valence-corrected chi connectivity index (χ0v) is 12.9. The van der Waals surface area contributed by atoms with Crippen LogP contribution in [0.2, 0.25) is 0 Å².